The van der Waals surface area contributed by atoms with Crippen molar-refractivity contribution in [1.29, 1.82) is 0 Å². The topological polar surface area (TPSA) is 117 Å². The number of hydrogen-bond acceptors (Lipinski definition) is 6. The van der Waals surface area contributed by atoms with E-state index in [-0.39, 0.29) is 36.2 Å². The Morgan fingerprint density at radius 2 is 1.83 bits per heavy atom. The minimum absolute atomic E-state index is 0.0144. The number of nitrogens with one attached hydrogen (secondary N) is 2. The lowest BCUT2D eigenvalue weighted by molar-refractivity contribution is -0.186. The quantitative estimate of drug-likeness (QED) is 0.422. The fourth-order valence-electron chi connectivity index (χ4n) is 6.39. The van der Waals surface area contributed by atoms with Crippen LogP contribution in [0.2, 0.25) is 0 Å². The molecule has 2 amide bonds. The molecule has 0 radical (unpaired) electrons. The summed E-state index contributed by atoms with van der Waals surface area (Å²) in [7, 11) is 1.61. The maximum Gasteiger partial charge on any atom is 0.407 e. The molecular weight excluding hydrogens is 448 g/mol. The van der Waals surface area contributed by atoms with Crippen LogP contribution in [0.3, 0.4) is 0 Å². The number of aliphatic hydroxyl groups excluding tert-OH is 2. The largest absolute Gasteiger partial charge is 0.497 e. The van der Waals surface area contributed by atoms with Crippen molar-refractivity contribution in [3.8, 4) is 5.75 Å². The lowest BCUT2D eigenvalue weighted by Gasteiger charge is -2.60. The molecule has 0 bridgehead atoms. The highest BCUT2D eigenvalue weighted by atomic mass is 16.6. The van der Waals surface area contributed by atoms with E-state index in [4.69, 9.17) is 9.47 Å². The van der Waals surface area contributed by atoms with Gasteiger partial charge in [0, 0.05) is 24.9 Å². The van der Waals surface area contributed by atoms with E-state index in [1.165, 1.54) is 0 Å². The third kappa shape index (κ3) is 5.92. The number of hydrogen-bond donors (Lipinski definition) is 4. The molecule has 2 aliphatic carbocycles. The van der Waals surface area contributed by atoms with E-state index in [1.807, 2.05) is 38.1 Å². The zero-order valence-corrected chi connectivity index (χ0v) is 21.5. The first-order chi connectivity index (χ1) is 16.7. The minimum Gasteiger partial charge on any atom is -0.497 e. The zero-order chi connectivity index (χ0) is 25.6. The van der Waals surface area contributed by atoms with E-state index >= 15 is 0 Å². The van der Waals surface area contributed by atoms with Crippen LogP contribution in [0.4, 0.5) is 4.79 Å². The lowest BCUT2D eigenvalue weighted by atomic mass is 9.46. The summed E-state index contributed by atoms with van der Waals surface area (Å²) >= 11 is 0. The fraction of sp³-hybridized carbons (Fsp3) is 0.704. The normalized spacial score (nSPS) is 32.3. The Hall–Kier alpha value is -2.32. The molecule has 196 valence electrons. The molecule has 3 rings (SSSR count). The number of amides is 2. The van der Waals surface area contributed by atoms with Crippen LogP contribution in [0.1, 0.15) is 64.9 Å². The first-order valence-corrected chi connectivity index (χ1v) is 12.8. The molecule has 1 aromatic rings. The molecular formula is C27H42N2O6. The van der Waals surface area contributed by atoms with Gasteiger partial charge in [0.2, 0.25) is 5.91 Å². The summed E-state index contributed by atoms with van der Waals surface area (Å²) in [5, 5.41) is 27.2. The van der Waals surface area contributed by atoms with Crippen molar-refractivity contribution in [2.24, 2.45) is 22.7 Å². The Morgan fingerprint density at radius 1 is 1.11 bits per heavy atom. The van der Waals surface area contributed by atoms with E-state index < -0.39 is 23.7 Å². The highest BCUT2D eigenvalue weighted by Crippen LogP contribution is 2.61. The lowest BCUT2D eigenvalue weighted by Crippen LogP contribution is -2.61. The van der Waals surface area contributed by atoms with Gasteiger partial charge in [-0.1, -0.05) is 32.9 Å². The van der Waals surface area contributed by atoms with Gasteiger partial charge >= 0.3 is 6.09 Å². The fourth-order valence-corrected chi connectivity index (χ4v) is 6.39. The predicted molar refractivity (Wildman–Crippen MR) is 133 cm³/mol. The Balaban J connectivity index is 1.69. The zero-order valence-electron chi connectivity index (χ0n) is 21.5. The first kappa shape index (κ1) is 27.3. The Kier molecular flexibility index (Phi) is 9.05. The smallest absolute Gasteiger partial charge is 0.407 e. The van der Waals surface area contributed by atoms with Crippen molar-refractivity contribution in [2.45, 2.75) is 78.0 Å². The van der Waals surface area contributed by atoms with E-state index in [0.29, 0.717) is 32.4 Å². The molecule has 1 aromatic carbocycles. The predicted octanol–water partition coefficient (Wildman–Crippen LogP) is 3.39. The van der Waals surface area contributed by atoms with Crippen LogP contribution in [0.5, 0.6) is 5.75 Å². The molecule has 0 aromatic heterocycles. The van der Waals surface area contributed by atoms with Gasteiger partial charge in [-0.05, 0) is 67.1 Å². The maximum atomic E-state index is 12.9. The summed E-state index contributed by atoms with van der Waals surface area (Å²) in [6.45, 7) is 6.91. The molecule has 2 fully saturated rings. The molecule has 2 aliphatic rings. The summed E-state index contributed by atoms with van der Waals surface area (Å²) in [4.78, 5) is 25.2. The van der Waals surface area contributed by atoms with Crippen molar-refractivity contribution in [1.82, 2.24) is 10.6 Å². The second-order valence-electron chi connectivity index (χ2n) is 10.7. The van der Waals surface area contributed by atoms with Gasteiger partial charge in [-0.25, -0.2) is 4.79 Å². The molecule has 0 aliphatic heterocycles. The average Bonchev–Trinajstić information content (AvgIpc) is 2.85. The van der Waals surface area contributed by atoms with Gasteiger partial charge < -0.3 is 30.3 Å². The maximum absolute atomic E-state index is 12.9. The Labute approximate surface area is 208 Å². The van der Waals surface area contributed by atoms with Gasteiger partial charge in [0.1, 0.15) is 11.9 Å². The van der Waals surface area contributed by atoms with Crippen LogP contribution in [0.25, 0.3) is 0 Å². The third-order valence-electron chi connectivity index (χ3n) is 8.50. The minimum atomic E-state index is -0.644. The Morgan fingerprint density at radius 3 is 2.46 bits per heavy atom. The molecule has 8 heteroatoms. The molecule has 6 atom stereocenters. The van der Waals surface area contributed by atoms with E-state index in [1.54, 1.807) is 7.11 Å². The molecule has 4 N–H and O–H groups in total. The summed E-state index contributed by atoms with van der Waals surface area (Å²) < 4.78 is 11.0. The number of carbonyl (C=O) groups excluding carboxylic acids is 2. The number of fused-ring (bicyclic) bond motifs is 1. The Bertz CT molecular complexity index is 862. The van der Waals surface area contributed by atoms with Crippen molar-refractivity contribution in [3.05, 3.63) is 29.8 Å². The van der Waals surface area contributed by atoms with E-state index in [2.05, 4.69) is 17.6 Å². The van der Waals surface area contributed by atoms with Gasteiger partial charge in [-0.3, -0.25) is 4.79 Å². The van der Waals surface area contributed by atoms with Crippen LogP contribution >= 0.6 is 0 Å². The van der Waals surface area contributed by atoms with Crippen LogP contribution in [-0.4, -0.2) is 54.7 Å². The summed E-state index contributed by atoms with van der Waals surface area (Å²) in [6.07, 6.45) is 2.15. The van der Waals surface area contributed by atoms with Crippen LogP contribution in [-0.2, 0) is 16.1 Å². The van der Waals surface area contributed by atoms with Crippen molar-refractivity contribution < 1.29 is 29.3 Å². The summed E-state index contributed by atoms with van der Waals surface area (Å²) in [5.41, 5.74) is -0.0276. The van der Waals surface area contributed by atoms with Gasteiger partial charge in [0.05, 0.1) is 19.8 Å². The number of aliphatic hydroxyl groups is 2. The summed E-state index contributed by atoms with van der Waals surface area (Å²) in [6, 6.07) is 7.54. The van der Waals surface area contributed by atoms with Crippen LogP contribution in [0.15, 0.2) is 24.3 Å². The second kappa shape index (κ2) is 11.6. The molecule has 6 unspecified atom stereocenters. The van der Waals surface area contributed by atoms with Gasteiger partial charge in [-0.2, -0.15) is 0 Å². The molecule has 35 heavy (non-hydrogen) atoms. The van der Waals surface area contributed by atoms with Gasteiger partial charge in [-0.15, -0.1) is 0 Å². The number of benzene rings is 1. The average molecular weight is 491 g/mol. The van der Waals surface area contributed by atoms with Gasteiger partial charge in [0.15, 0.2) is 0 Å². The van der Waals surface area contributed by atoms with E-state index in [0.717, 1.165) is 24.2 Å². The molecule has 0 heterocycles. The SMILES string of the molecule is CCCNC(=O)OC1CCC2(C)C(CC(=O)NCc3ccc(OC)cc3)C(O)CCC2C1(C)CO. The van der Waals surface area contributed by atoms with Crippen LogP contribution < -0.4 is 15.4 Å². The number of rotatable bonds is 9. The number of alkyl carbamates (subject to hydrolysis) is 1. The number of methoxy groups -OCH3 is 1. The molecule has 2 saturated carbocycles. The number of ether oxygens (including phenoxy) is 2. The molecule has 0 saturated heterocycles. The van der Waals surface area contributed by atoms with Gasteiger partial charge in [0.25, 0.3) is 0 Å². The third-order valence-corrected chi connectivity index (χ3v) is 8.50. The molecule has 0 spiro atoms. The molecule has 8 nitrogen and oxygen atoms in total. The van der Waals surface area contributed by atoms with Crippen molar-refractivity contribution in [2.75, 3.05) is 20.3 Å². The highest BCUT2D eigenvalue weighted by molar-refractivity contribution is 5.76. The summed E-state index contributed by atoms with van der Waals surface area (Å²) in [5.74, 6) is 0.437. The first-order valence-electron chi connectivity index (χ1n) is 12.8. The second-order valence-corrected chi connectivity index (χ2v) is 10.7. The number of carbonyl (C=O) groups is 2. The van der Waals surface area contributed by atoms with Crippen molar-refractivity contribution >= 4 is 12.0 Å². The van der Waals surface area contributed by atoms with Crippen molar-refractivity contribution in [3.63, 3.8) is 0 Å². The van der Waals surface area contributed by atoms with Crippen LogP contribution in [0, 0.1) is 22.7 Å². The standard InChI is InChI=1S/C27H42N2O6/c1-5-14-28-25(33)35-23-12-13-26(2)20(21(31)10-11-22(26)27(23,3)17-30)15-24(32)29-16-18-6-8-19(34-4)9-7-18/h6-9,20-23,30-31H,5,10-17H2,1-4H3,(H,28,33)(H,29,32). The van der Waals surface area contributed by atoms with E-state index in [9.17, 15) is 19.8 Å². The highest BCUT2D eigenvalue weighted by Gasteiger charge is 2.60. The monoisotopic (exact) mass is 490 g/mol.